The molecule has 0 radical (unpaired) electrons. The highest BCUT2D eigenvalue weighted by molar-refractivity contribution is 5.85. The van der Waals surface area contributed by atoms with Gasteiger partial charge in [0.05, 0.1) is 0 Å². The van der Waals surface area contributed by atoms with Gasteiger partial charge in [-0.15, -0.1) is 0 Å². The zero-order chi connectivity index (χ0) is 13.1. The predicted molar refractivity (Wildman–Crippen MR) is 67.2 cm³/mol. The molecular weight excluding hydrogens is 230 g/mol. The van der Waals surface area contributed by atoms with Gasteiger partial charge in [-0.25, -0.2) is 4.79 Å². The average molecular weight is 247 g/mol. The number of amides is 1. The Morgan fingerprint density at radius 2 is 1.89 bits per heavy atom. The van der Waals surface area contributed by atoms with Crippen molar-refractivity contribution in [3.8, 4) is 0 Å². The van der Waals surface area contributed by atoms with Crippen LogP contribution in [0, 0.1) is 5.92 Å². The largest absolute Gasteiger partial charge is 0.480 e. The van der Waals surface area contributed by atoms with E-state index >= 15 is 0 Å². The van der Waals surface area contributed by atoms with Crippen LogP contribution in [-0.2, 0) is 22.4 Å². The van der Waals surface area contributed by atoms with Crippen molar-refractivity contribution in [1.29, 1.82) is 0 Å². The Labute approximate surface area is 106 Å². The number of hydrogen-bond acceptors (Lipinski definition) is 2. The van der Waals surface area contributed by atoms with Gasteiger partial charge in [-0.05, 0) is 30.4 Å². The minimum Gasteiger partial charge on any atom is -0.480 e. The second-order valence-electron chi connectivity index (χ2n) is 4.68. The summed E-state index contributed by atoms with van der Waals surface area (Å²) in [6, 6.07) is 7.20. The van der Waals surface area contributed by atoms with Crippen molar-refractivity contribution < 1.29 is 14.7 Å². The van der Waals surface area contributed by atoms with Gasteiger partial charge in [0, 0.05) is 5.92 Å². The molecular formula is C14H17NO3. The van der Waals surface area contributed by atoms with Gasteiger partial charge in [0.15, 0.2) is 0 Å². The summed E-state index contributed by atoms with van der Waals surface area (Å²) in [5.41, 5.74) is 2.39. The summed E-state index contributed by atoms with van der Waals surface area (Å²) < 4.78 is 0. The van der Waals surface area contributed by atoms with Gasteiger partial charge in [-0.2, -0.15) is 0 Å². The Morgan fingerprint density at radius 3 is 2.33 bits per heavy atom. The average Bonchev–Trinajstić information content (AvgIpc) is 2.79. The van der Waals surface area contributed by atoms with Crippen molar-refractivity contribution >= 4 is 11.9 Å². The van der Waals surface area contributed by atoms with E-state index in [0.717, 1.165) is 0 Å². The number of fused-ring (bicyclic) bond motifs is 1. The van der Waals surface area contributed by atoms with Gasteiger partial charge >= 0.3 is 5.97 Å². The monoisotopic (exact) mass is 247 g/mol. The Balaban J connectivity index is 1.99. The van der Waals surface area contributed by atoms with Crippen molar-refractivity contribution in [2.45, 2.75) is 32.2 Å². The van der Waals surface area contributed by atoms with E-state index in [1.807, 2.05) is 24.3 Å². The highest BCUT2D eigenvalue weighted by atomic mass is 16.4. The van der Waals surface area contributed by atoms with Crippen molar-refractivity contribution in [1.82, 2.24) is 5.32 Å². The SMILES string of the molecule is CC[C@@H](NC(=O)C1Cc2ccccc2C1)C(=O)O. The fraction of sp³-hybridized carbons (Fsp3) is 0.429. The third-order valence-corrected chi connectivity index (χ3v) is 3.44. The molecule has 4 nitrogen and oxygen atoms in total. The summed E-state index contributed by atoms with van der Waals surface area (Å²) in [5.74, 6) is -1.25. The van der Waals surface area contributed by atoms with Gasteiger partial charge in [-0.3, -0.25) is 4.79 Å². The van der Waals surface area contributed by atoms with Crippen LogP contribution in [0.1, 0.15) is 24.5 Å². The predicted octanol–water partition coefficient (Wildman–Crippen LogP) is 1.38. The molecule has 1 atom stereocenters. The fourth-order valence-electron chi connectivity index (χ4n) is 2.37. The van der Waals surface area contributed by atoms with Crippen molar-refractivity contribution in [2.75, 3.05) is 0 Å². The summed E-state index contributed by atoms with van der Waals surface area (Å²) in [7, 11) is 0. The summed E-state index contributed by atoms with van der Waals surface area (Å²) in [6.45, 7) is 1.75. The van der Waals surface area contributed by atoms with Crippen LogP contribution in [-0.4, -0.2) is 23.0 Å². The number of carboxylic acid groups (broad SMARTS) is 1. The van der Waals surface area contributed by atoms with Gasteiger partial charge in [-0.1, -0.05) is 31.2 Å². The van der Waals surface area contributed by atoms with E-state index in [1.54, 1.807) is 6.92 Å². The number of aliphatic carboxylic acids is 1. The first kappa shape index (κ1) is 12.6. The Bertz CT molecular complexity index is 445. The standard InChI is InChI=1S/C14H17NO3/c1-2-12(14(17)18)15-13(16)11-7-9-5-3-4-6-10(9)8-11/h3-6,11-12H,2,7-8H2,1H3,(H,15,16)(H,17,18)/t12-/m1/s1. The second kappa shape index (κ2) is 5.21. The zero-order valence-electron chi connectivity index (χ0n) is 10.3. The first-order valence-electron chi connectivity index (χ1n) is 6.21. The summed E-state index contributed by atoms with van der Waals surface area (Å²) in [4.78, 5) is 22.9. The van der Waals surface area contributed by atoms with Crippen molar-refractivity contribution in [3.63, 3.8) is 0 Å². The molecule has 1 aliphatic rings. The van der Waals surface area contributed by atoms with E-state index in [9.17, 15) is 9.59 Å². The lowest BCUT2D eigenvalue weighted by Crippen LogP contribution is -2.43. The van der Waals surface area contributed by atoms with Crippen molar-refractivity contribution in [3.05, 3.63) is 35.4 Å². The lowest BCUT2D eigenvalue weighted by molar-refractivity contribution is -0.142. The molecule has 1 aliphatic carbocycles. The van der Waals surface area contributed by atoms with E-state index in [1.165, 1.54) is 11.1 Å². The third kappa shape index (κ3) is 2.53. The molecule has 0 fully saturated rings. The number of rotatable bonds is 4. The van der Waals surface area contributed by atoms with Crippen molar-refractivity contribution in [2.24, 2.45) is 5.92 Å². The molecule has 1 amide bonds. The fourth-order valence-corrected chi connectivity index (χ4v) is 2.37. The molecule has 4 heteroatoms. The van der Waals surface area contributed by atoms with E-state index in [2.05, 4.69) is 5.32 Å². The van der Waals surface area contributed by atoms with Crippen LogP contribution in [0.3, 0.4) is 0 Å². The number of carbonyl (C=O) groups is 2. The molecule has 0 saturated heterocycles. The van der Waals surface area contributed by atoms with Crippen LogP contribution < -0.4 is 5.32 Å². The molecule has 0 saturated carbocycles. The lowest BCUT2D eigenvalue weighted by Gasteiger charge is -2.15. The highest BCUT2D eigenvalue weighted by Gasteiger charge is 2.29. The maximum atomic E-state index is 12.0. The first-order valence-corrected chi connectivity index (χ1v) is 6.21. The van der Waals surface area contributed by atoms with Crippen LogP contribution in [0.5, 0.6) is 0 Å². The molecule has 0 spiro atoms. The van der Waals surface area contributed by atoms with E-state index in [0.29, 0.717) is 19.3 Å². The van der Waals surface area contributed by atoms with E-state index < -0.39 is 12.0 Å². The summed E-state index contributed by atoms with van der Waals surface area (Å²) in [6.07, 6.45) is 1.82. The Kier molecular flexibility index (Phi) is 3.65. The summed E-state index contributed by atoms with van der Waals surface area (Å²) in [5, 5.41) is 11.5. The van der Waals surface area contributed by atoms with E-state index in [4.69, 9.17) is 5.11 Å². The topological polar surface area (TPSA) is 66.4 Å². The molecule has 18 heavy (non-hydrogen) atoms. The molecule has 2 N–H and O–H groups in total. The summed E-state index contributed by atoms with van der Waals surface area (Å²) >= 11 is 0. The quantitative estimate of drug-likeness (QED) is 0.844. The maximum absolute atomic E-state index is 12.0. The zero-order valence-corrected chi connectivity index (χ0v) is 10.3. The first-order chi connectivity index (χ1) is 8.61. The molecule has 0 aliphatic heterocycles. The van der Waals surface area contributed by atoms with Crippen LogP contribution in [0.25, 0.3) is 0 Å². The molecule has 2 rings (SSSR count). The van der Waals surface area contributed by atoms with Crippen LogP contribution in [0.4, 0.5) is 0 Å². The molecule has 0 bridgehead atoms. The number of nitrogens with one attached hydrogen (secondary N) is 1. The Hall–Kier alpha value is -1.84. The number of carbonyl (C=O) groups excluding carboxylic acids is 1. The van der Waals surface area contributed by atoms with E-state index in [-0.39, 0.29) is 11.8 Å². The molecule has 0 unspecified atom stereocenters. The smallest absolute Gasteiger partial charge is 0.326 e. The number of benzene rings is 1. The minimum atomic E-state index is -0.971. The Morgan fingerprint density at radius 1 is 1.33 bits per heavy atom. The van der Waals surface area contributed by atoms with Gasteiger partial charge in [0.2, 0.25) is 5.91 Å². The molecule has 1 aromatic rings. The number of carboxylic acids is 1. The lowest BCUT2D eigenvalue weighted by atomic mass is 10.0. The molecule has 1 aromatic carbocycles. The van der Waals surface area contributed by atoms with Gasteiger partial charge in [0.1, 0.15) is 6.04 Å². The van der Waals surface area contributed by atoms with Crippen LogP contribution in [0.15, 0.2) is 24.3 Å². The van der Waals surface area contributed by atoms with Crippen LogP contribution in [0.2, 0.25) is 0 Å². The minimum absolute atomic E-state index is 0.129. The molecule has 0 heterocycles. The third-order valence-electron chi connectivity index (χ3n) is 3.44. The highest BCUT2D eigenvalue weighted by Crippen LogP contribution is 2.26. The van der Waals surface area contributed by atoms with Crippen LogP contribution >= 0.6 is 0 Å². The molecule has 96 valence electrons. The van der Waals surface area contributed by atoms with Gasteiger partial charge < -0.3 is 10.4 Å². The van der Waals surface area contributed by atoms with Gasteiger partial charge in [0.25, 0.3) is 0 Å². The number of hydrogen-bond donors (Lipinski definition) is 2. The second-order valence-corrected chi connectivity index (χ2v) is 4.68. The maximum Gasteiger partial charge on any atom is 0.326 e. The normalized spacial score (nSPS) is 16.1. The molecule has 0 aromatic heterocycles.